The third-order valence-electron chi connectivity index (χ3n) is 5.15. The molecule has 0 unspecified atom stereocenters. The van der Waals surface area contributed by atoms with E-state index in [1.807, 2.05) is 48.5 Å². The monoisotopic (exact) mass is 359 g/mol. The molecule has 1 aliphatic rings. The topological polar surface area (TPSA) is 38.3 Å². The van der Waals surface area contributed by atoms with Crippen molar-refractivity contribution in [1.82, 2.24) is 9.97 Å². The highest BCUT2D eigenvalue weighted by atomic mass is 16.5. The third-order valence-corrected chi connectivity index (χ3v) is 5.15. The molecule has 1 aromatic heterocycles. The largest absolute Gasteiger partial charge is 0.436 e. The zero-order chi connectivity index (χ0) is 18.6. The van der Waals surface area contributed by atoms with Crippen LogP contribution < -0.4 is 9.64 Å². The van der Waals surface area contributed by atoms with Crippen LogP contribution >= 0.6 is 0 Å². The fourth-order valence-corrected chi connectivity index (χ4v) is 3.50. The Balaban J connectivity index is 1.76. The molecule has 0 aliphatic carbocycles. The minimum absolute atomic E-state index is 0.583. The first kappa shape index (κ1) is 17.5. The standard InChI is InChI=1S/C23H25N3O/c1-3-8-18-9-4-7-12-21(18)27-23-22(26-15-13-17(2)14-16-26)24-19-10-5-6-11-20(19)25-23/h3-7,9-12,17H,1,8,13-16H2,2H3. The molecule has 27 heavy (non-hydrogen) atoms. The number of nitrogens with zero attached hydrogens (tertiary/aromatic N) is 3. The Morgan fingerprint density at radius 2 is 1.70 bits per heavy atom. The van der Waals surface area contributed by atoms with E-state index >= 15 is 0 Å². The van der Waals surface area contributed by atoms with Crippen LogP contribution in [-0.2, 0) is 6.42 Å². The molecule has 4 rings (SSSR count). The average molecular weight is 359 g/mol. The SMILES string of the molecule is C=CCc1ccccc1Oc1nc2ccccc2nc1N1CCC(C)CC1. The summed E-state index contributed by atoms with van der Waals surface area (Å²) in [5.74, 6) is 3.00. The second-order valence-electron chi connectivity index (χ2n) is 7.21. The van der Waals surface area contributed by atoms with E-state index in [2.05, 4.69) is 24.5 Å². The fourth-order valence-electron chi connectivity index (χ4n) is 3.50. The number of anilines is 1. The lowest BCUT2D eigenvalue weighted by Crippen LogP contribution is -2.33. The highest BCUT2D eigenvalue weighted by Gasteiger charge is 2.22. The van der Waals surface area contributed by atoms with Crippen LogP contribution in [-0.4, -0.2) is 23.1 Å². The summed E-state index contributed by atoms with van der Waals surface area (Å²) < 4.78 is 6.32. The number of rotatable bonds is 5. The first-order valence-electron chi connectivity index (χ1n) is 9.63. The Hall–Kier alpha value is -2.88. The van der Waals surface area contributed by atoms with Crippen molar-refractivity contribution in [3.05, 3.63) is 66.7 Å². The van der Waals surface area contributed by atoms with Crippen molar-refractivity contribution in [2.45, 2.75) is 26.2 Å². The van der Waals surface area contributed by atoms with E-state index in [1.165, 1.54) is 12.8 Å². The Bertz CT molecular complexity index is 945. The number of fused-ring (bicyclic) bond motifs is 1. The number of para-hydroxylation sites is 3. The van der Waals surface area contributed by atoms with Gasteiger partial charge in [0.15, 0.2) is 5.82 Å². The minimum Gasteiger partial charge on any atom is -0.436 e. The van der Waals surface area contributed by atoms with Gasteiger partial charge in [-0.25, -0.2) is 9.97 Å². The quantitative estimate of drug-likeness (QED) is 0.573. The van der Waals surface area contributed by atoms with Gasteiger partial charge in [-0.1, -0.05) is 43.3 Å². The molecule has 1 saturated heterocycles. The predicted octanol–water partition coefficient (Wildman–Crippen LogP) is 5.39. The summed E-state index contributed by atoms with van der Waals surface area (Å²) in [5, 5.41) is 0. The van der Waals surface area contributed by atoms with Gasteiger partial charge in [-0.15, -0.1) is 6.58 Å². The van der Waals surface area contributed by atoms with Gasteiger partial charge in [0.1, 0.15) is 5.75 Å². The Morgan fingerprint density at radius 1 is 1.04 bits per heavy atom. The van der Waals surface area contributed by atoms with Crippen LogP contribution in [0.15, 0.2) is 61.2 Å². The maximum atomic E-state index is 6.32. The average Bonchev–Trinajstić information content (AvgIpc) is 2.70. The van der Waals surface area contributed by atoms with Gasteiger partial charge in [0.2, 0.25) is 0 Å². The molecule has 2 heterocycles. The maximum Gasteiger partial charge on any atom is 0.263 e. The van der Waals surface area contributed by atoms with Crippen LogP contribution in [0.4, 0.5) is 5.82 Å². The van der Waals surface area contributed by atoms with Crippen molar-refractivity contribution >= 4 is 16.9 Å². The molecule has 4 nitrogen and oxygen atoms in total. The van der Waals surface area contributed by atoms with E-state index in [4.69, 9.17) is 14.7 Å². The summed E-state index contributed by atoms with van der Waals surface area (Å²) in [6, 6.07) is 16.0. The van der Waals surface area contributed by atoms with Crippen molar-refractivity contribution in [3.63, 3.8) is 0 Å². The molecule has 1 fully saturated rings. The van der Waals surface area contributed by atoms with Crippen LogP contribution in [0, 0.1) is 5.92 Å². The van der Waals surface area contributed by atoms with Crippen LogP contribution in [0.5, 0.6) is 11.6 Å². The molecule has 0 amide bonds. The van der Waals surface area contributed by atoms with Crippen molar-refractivity contribution in [2.75, 3.05) is 18.0 Å². The number of piperidine rings is 1. The summed E-state index contributed by atoms with van der Waals surface area (Å²) in [6.07, 6.45) is 4.98. The van der Waals surface area contributed by atoms with Crippen molar-refractivity contribution in [2.24, 2.45) is 5.92 Å². The number of ether oxygens (including phenoxy) is 1. The molecule has 3 aromatic rings. The summed E-state index contributed by atoms with van der Waals surface area (Å²) in [4.78, 5) is 12.0. The molecule has 138 valence electrons. The second kappa shape index (κ2) is 7.78. The fraction of sp³-hybridized carbons (Fsp3) is 0.304. The third kappa shape index (κ3) is 3.80. The van der Waals surface area contributed by atoms with Crippen LogP contribution in [0.1, 0.15) is 25.3 Å². The molecule has 0 N–H and O–H groups in total. The van der Waals surface area contributed by atoms with Gasteiger partial charge in [0.25, 0.3) is 5.88 Å². The van der Waals surface area contributed by atoms with Crippen molar-refractivity contribution in [3.8, 4) is 11.6 Å². The summed E-state index contributed by atoms with van der Waals surface area (Å²) in [5.41, 5.74) is 2.85. The van der Waals surface area contributed by atoms with Gasteiger partial charge in [-0.3, -0.25) is 0 Å². The summed E-state index contributed by atoms with van der Waals surface area (Å²) >= 11 is 0. The maximum absolute atomic E-state index is 6.32. The number of allylic oxidation sites excluding steroid dienone is 1. The lowest BCUT2D eigenvalue weighted by Gasteiger charge is -2.31. The van der Waals surface area contributed by atoms with E-state index < -0.39 is 0 Å². The summed E-state index contributed by atoms with van der Waals surface area (Å²) in [6.45, 7) is 8.13. The van der Waals surface area contributed by atoms with E-state index in [0.717, 1.165) is 53.6 Å². The van der Waals surface area contributed by atoms with Gasteiger partial charge in [-0.05, 0) is 48.9 Å². The van der Waals surface area contributed by atoms with E-state index in [-0.39, 0.29) is 0 Å². The minimum atomic E-state index is 0.583. The molecule has 0 saturated carbocycles. The molecule has 2 aromatic carbocycles. The lowest BCUT2D eigenvalue weighted by atomic mass is 9.99. The molecular weight excluding hydrogens is 334 g/mol. The van der Waals surface area contributed by atoms with Crippen LogP contribution in [0.3, 0.4) is 0 Å². The first-order valence-corrected chi connectivity index (χ1v) is 9.63. The van der Waals surface area contributed by atoms with E-state index in [1.54, 1.807) is 0 Å². The second-order valence-corrected chi connectivity index (χ2v) is 7.21. The highest BCUT2D eigenvalue weighted by molar-refractivity contribution is 5.77. The molecule has 4 heteroatoms. The smallest absolute Gasteiger partial charge is 0.263 e. The number of aromatic nitrogens is 2. The van der Waals surface area contributed by atoms with Gasteiger partial charge in [0.05, 0.1) is 11.0 Å². The van der Waals surface area contributed by atoms with Gasteiger partial charge in [-0.2, -0.15) is 0 Å². The van der Waals surface area contributed by atoms with Gasteiger partial charge < -0.3 is 9.64 Å². The molecule has 0 spiro atoms. The molecule has 1 aliphatic heterocycles. The van der Waals surface area contributed by atoms with E-state index in [0.29, 0.717) is 5.88 Å². The number of hydrogen-bond donors (Lipinski definition) is 0. The Kier molecular flexibility index (Phi) is 5.05. The molecule has 0 bridgehead atoms. The lowest BCUT2D eigenvalue weighted by molar-refractivity contribution is 0.422. The highest BCUT2D eigenvalue weighted by Crippen LogP contribution is 2.34. The normalized spacial score (nSPS) is 15.1. The van der Waals surface area contributed by atoms with Crippen LogP contribution in [0.25, 0.3) is 11.0 Å². The first-order chi connectivity index (χ1) is 13.2. The number of benzene rings is 2. The van der Waals surface area contributed by atoms with Crippen molar-refractivity contribution in [1.29, 1.82) is 0 Å². The summed E-state index contributed by atoms with van der Waals surface area (Å²) in [7, 11) is 0. The Labute approximate surface area is 160 Å². The van der Waals surface area contributed by atoms with Crippen molar-refractivity contribution < 1.29 is 4.74 Å². The Morgan fingerprint density at radius 3 is 2.44 bits per heavy atom. The van der Waals surface area contributed by atoms with E-state index in [9.17, 15) is 0 Å². The number of hydrogen-bond acceptors (Lipinski definition) is 4. The van der Waals surface area contributed by atoms with Crippen LogP contribution in [0.2, 0.25) is 0 Å². The zero-order valence-corrected chi connectivity index (χ0v) is 15.8. The molecule has 0 radical (unpaired) electrons. The molecular formula is C23H25N3O. The zero-order valence-electron chi connectivity index (χ0n) is 15.8. The molecule has 0 atom stereocenters. The predicted molar refractivity (Wildman–Crippen MR) is 111 cm³/mol. The van der Waals surface area contributed by atoms with Gasteiger partial charge in [0, 0.05) is 13.1 Å². The van der Waals surface area contributed by atoms with Gasteiger partial charge >= 0.3 is 0 Å².